The van der Waals surface area contributed by atoms with Crippen LogP contribution in [0.25, 0.3) is 22.7 Å². The van der Waals surface area contributed by atoms with Gasteiger partial charge in [-0.2, -0.15) is 5.26 Å². The largest absolute Gasteiger partial charge is 0.508 e. The number of rotatable bonds is 2. The summed E-state index contributed by atoms with van der Waals surface area (Å²) in [5, 5.41) is 19.9. The van der Waals surface area contributed by atoms with Crippen molar-refractivity contribution in [1.82, 2.24) is 4.57 Å². The minimum absolute atomic E-state index is 0.225. The van der Waals surface area contributed by atoms with Gasteiger partial charge in [0.2, 0.25) is 0 Å². The molecule has 0 fully saturated rings. The zero-order valence-electron chi connectivity index (χ0n) is 11.6. The second-order valence-electron chi connectivity index (χ2n) is 4.74. The van der Waals surface area contributed by atoms with Gasteiger partial charge in [0, 0.05) is 11.1 Å². The van der Waals surface area contributed by atoms with E-state index in [1.54, 1.807) is 12.1 Å². The summed E-state index contributed by atoms with van der Waals surface area (Å²) < 4.78 is 2.04. The van der Waals surface area contributed by atoms with Gasteiger partial charge >= 0.3 is 0 Å². The van der Waals surface area contributed by atoms with Crippen LogP contribution in [0, 0.1) is 11.3 Å². The second-order valence-corrected chi connectivity index (χ2v) is 4.74. The fourth-order valence-corrected chi connectivity index (χ4v) is 2.57. The van der Waals surface area contributed by atoms with Gasteiger partial charge in [-0.15, -0.1) is 0 Å². The number of phenols is 1. The highest BCUT2D eigenvalue weighted by Gasteiger charge is 2.15. The monoisotopic (exact) mass is 274 g/mol. The van der Waals surface area contributed by atoms with Crippen molar-refractivity contribution in [1.29, 1.82) is 5.26 Å². The van der Waals surface area contributed by atoms with Crippen molar-refractivity contribution in [2.75, 3.05) is 0 Å². The molecular formula is C18H14N2O. The molecule has 3 rings (SSSR count). The summed E-state index contributed by atoms with van der Waals surface area (Å²) in [5.41, 5.74) is 3.41. The first-order chi connectivity index (χ1) is 10.3. The Kier molecular flexibility index (Phi) is 3.21. The molecule has 0 saturated heterocycles. The molecule has 0 aliphatic rings. The third kappa shape index (κ3) is 2.07. The molecule has 1 N–H and O–H groups in total. The summed E-state index contributed by atoms with van der Waals surface area (Å²) in [6.07, 6.45) is 3.86. The number of aromatic hydroxyl groups is 1. The van der Waals surface area contributed by atoms with Gasteiger partial charge in [0.05, 0.1) is 16.8 Å². The molecule has 1 aromatic heterocycles. The van der Waals surface area contributed by atoms with E-state index in [1.165, 1.54) is 0 Å². The first-order valence-electron chi connectivity index (χ1n) is 6.72. The molecule has 0 radical (unpaired) electrons. The Hall–Kier alpha value is -2.99. The molecule has 21 heavy (non-hydrogen) atoms. The highest BCUT2D eigenvalue weighted by molar-refractivity contribution is 5.92. The van der Waals surface area contributed by atoms with E-state index in [2.05, 4.69) is 6.07 Å². The van der Waals surface area contributed by atoms with Gasteiger partial charge in [0.25, 0.3) is 0 Å². The van der Waals surface area contributed by atoms with Crippen LogP contribution in [-0.2, 0) is 0 Å². The number of nitriles is 1. The highest BCUT2D eigenvalue weighted by Crippen LogP contribution is 2.30. The van der Waals surface area contributed by atoms with Crippen molar-refractivity contribution >= 4 is 17.0 Å². The first-order valence-corrected chi connectivity index (χ1v) is 6.72. The summed E-state index contributed by atoms with van der Waals surface area (Å²) >= 11 is 0. The van der Waals surface area contributed by atoms with Crippen LogP contribution in [0.3, 0.4) is 0 Å². The minimum atomic E-state index is 0.225. The third-order valence-electron chi connectivity index (χ3n) is 3.46. The van der Waals surface area contributed by atoms with Crippen LogP contribution in [0.2, 0.25) is 0 Å². The Morgan fingerprint density at radius 2 is 1.81 bits per heavy atom. The maximum absolute atomic E-state index is 9.51. The summed E-state index contributed by atoms with van der Waals surface area (Å²) in [6, 6.07) is 17.1. The molecule has 3 heteroatoms. The predicted octanol–water partition coefficient (Wildman–Crippen LogP) is 4.24. The van der Waals surface area contributed by atoms with Crippen molar-refractivity contribution in [3.63, 3.8) is 0 Å². The van der Waals surface area contributed by atoms with Crippen LogP contribution in [0.1, 0.15) is 18.2 Å². The molecule has 0 saturated carbocycles. The lowest BCUT2D eigenvalue weighted by Crippen LogP contribution is -1.96. The van der Waals surface area contributed by atoms with Gasteiger partial charge in [0.1, 0.15) is 11.8 Å². The van der Waals surface area contributed by atoms with Gasteiger partial charge in [-0.3, -0.25) is 0 Å². The van der Waals surface area contributed by atoms with Crippen LogP contribution in [-0.4, -0.2) is 9.67 Å². The van der Waals surface area contributed by atoms with Crippen molar-refractivity contribution in [3.05, 3.63) is 65.9 Å². The lowest BCUT2D eigenvalue weighted by atomic mass is 10.1. The van der Waals surface area contributed by atoms with E-state index >= 15 is 0 Å². The van der Waals surface area contributed by atoms with Crippen molar-refractivity contribution in [2.45, 2.75) is 6.92 Å². The number of allylic oxidation sites excluding steroid dienone is 1. The molecule has 102 valence electrons. The van der Waals surface area contributed by atoms with Crippen molar-refractivity contribution < 1.29 is 5.11 Å². The van der Waals surface area contributed by atoms with E-state index < -0.39 is 0 Å². The average molecular weight is 274 g/mol. The van der Waals surface area contributed by atoms with E-state index in [0.29, 0.717) is 5.56 Å². The average Bonchev–Trinajstić information content (AvgIpc) is 2.82. The Balaban J connectivity index is 2.42. The number of phenolic OH excluding ortho intramolecular Hbond substituents is 1. The summed E-state index contributed by atoms with van der Waals surface area (Å²) in [5.74, 6) is 0.225. The zero-order chi connectivity index (χ0) is 14.8. The number of fused-ring (bicyclic) bond motifs is 1. The van der Waals surface area contributed by atoms with Gasteiger partial charge < -0.3 is 9.67 Å². The zero-order valence-corrected chi connectivity index (χ0v) is 11.6. The van der Waals surface area contributed by atoms with Crippen LogP contribution >= 0.6 is 0 Å². The molecule has 0 unspecified atom stereocenters. The molecule has 2 aromatic carbocycles. The number of para-hydroxylation sites is 1. The summed E-state index contributed by atoms with van der Waals surface area (Å²) in [7, 11) is 0. The van der Waals surface area contributed by atoms with E-state index in [-0.39, 0.29) is 5.75 Å². The Bertz CT molecular complexity index is 865. The van der Waals surface area contributed by atoms with Gasteiger partial charge in [-0.1, -0.05) is 24.3 Å². The molecule has 0 aliphatic heterocycles. The Morgan fingerprint density at radius 3 is 2.48 bits per heavy atom. The van der Waals surface area contributed by atoms with E-state index in [9.17, 15) is 10.4 Å². The molecule has 3 aromatic rings. The lowest BCUT2D eigenvalue weighted by molar-refractivity contribution is 0.475. The molecule has 0 atom stereocenters. The molecule has 0 aliphatic carbocycles. The fraction of sp³-hybridized carbons (Fsp3) is 0.0556. The lowest BCUT2D eigenvalue weighted by Gasteiger charge is -2.08. The van der Waals surface area contributed by atoms with E-state index in [1.807, 2.05) is 60.0 Å². The van der Waals surface area contributed by atoms with Gasteiger partial charge in [-0.25, -0.2) is 0 Å². The van der Waals surface area contributed by atoms with Crippen LogP contribution in [0.15, 0.2) is 54.6 Å². The molecular weight excluding hydrogens is 260 g/mol. The molecule has 0 bridgehead atoms. The maximum Gasteiger partial charge on any atom is 0.115 e. The second kappa shape index (κ2) is 5.18. The van der Waals surface area contributed by atoms with Crippen LogP contribution in [0.4, 0.5) is 0 Å². The number of hydrogen-bond donors (Lipinski definition) is 1. The van der Waals surface area contributed by atoms with Crippen LogP contribution < -0.4 is 0 Å². The standard InChI is InChI=1S/C18H14N2O/c1-2-5-17-16(12-19)15-6-3-4-7-18(15)20(17)13-8-10-14(21)11-9-13/h2-11,21H,1H3. The van der Waals surface area contributed by atoms with Gasteiger partial charge in [-0.05, 0) is 43.3 Å². The van der Waals surface area contributed by atoms with E-state index in [4.69, 9.17) is 0 Å². The molecule has 0 spiro atoms. The fourth-order valence-electron chi connectivity index (χ4n) is 2.57. The summed E-state index contributed by atoms with van der Waals surface area (Å²) in [6.45, 7) is 1.93. The van der Waals surface area contributed by atoms with Crippen LogP contribution in [0.5, 0.6) is 5.75 Å². The molecule has 3 nitrogen and oxygen atoms in total. The smallest absolute Gasteiger partial charge is 0.115 e. The Labute approximate surface area is 123 Å². The SMILES string of the molecule is CC=Cc1c(C#N)c2ccccc2n1-c1ccc(O)cc1. The highest BCUT2D eigenvalue weighted by atomic mass is 16.3. The summed E-state index contributed by atoms with van der Waals surface area (Å²) in [4.78, 5) is 0. The van der Waals surface area contributed by atoms with Crippen molar-refractivity contribution in [3.8, 4) is 17.5 Å². The predicted molar refractivity (Wildman–Crippen MR) is 84.4 cm³/mol. The maximum atomic E-state index is 9.51. The number of benzene rings is 2. The topological polar surface area (TPSA) is 49.0 Å². The Morgan fingerprint density at radius 1 is 1.10 bits per heavy atom. The van der Waals surface area contributed by atoms with Gasteiger partial charge in [0.15, 0.2) is 0 Å². The molecule has 0 amide bonds. The quantitative estimate of drug-likeness (QED) is 0.759. The third-order valence-corrected chi connectivity index (χ3v) is 3.46. The first kappa shape index (κ1) is 13.0. The number of nitrogens with zero attached hydrogens (tertiary/aromatic N) is 2. The van der Waals surface area contributed by atoms with Crippen molar-refractivity contribution in [2.24, 2.45) is 0 Å². The van der Waals surface area contributed by atoms with E-state index in [0.717, 1.165) is 22.3 Å². The number of hydrogen-bond acceptors (Lipinski definition) is 2. The minimum Gasteiger partial charge on any atom is -0.508 e. The number of aromatic nitrogens is 1. The normalized spacial score (nSPS) is 11.0. The molecule has 1 heterocycles.